The maximum Gasteiger partial charge on any atom is 0.335 e. The number of aliphatic hydroxyl groups is 1. The molecule has 3 heterocycles. The Bertz CT molecular complexity index is 1620. The van der Waals surface area contributed by atoms with Gasteiger partial charge in [-0.1, -0.05) is 73.6 Å². The van der Waals surface area contributed by atoms with Gasteiger partial charge >= 0.3 is 22.8 Å². The van der Waals surface area contributed by atoms with Crippen LogP contribution in [0, 0.1) is 16.2 Å². The first-order valence-corrected chi connectivity index (χ1v) is 21.6. The molecule has 0 unspecified atom stereocenters. The van der Waals surface area contributed by atoms with Crippen LogP contribution in [-0.4, -0.2) is 55.0 Å². The molecule has 0 spiro atoms. The fourth-order valence-electron chi connectivity index (χ4n) is 5.67. The third kappa shape index (κ3) is 8.92. The van der Waals surface area contributed by atoms with E-state index in [9.17, 15) is 29.0 Å². The average Bonchev–Trinajstić information content (AvgIpc) is 3.01. The molecule has 5 rings (SSSR count). The molecule has 3 fully saturated rings. The average molecular weight is 745 g/mol. The lowest BCUT2D eigenvalue weighted by molar-refractivity contribution is 0.0405. The molecule has 3 aliphatic heterocycles. The second-order valence-electron chi connectivity index (χ2n) is 16.5. The smallest absolute Gasteiger partial charge is 0.335 e. The van der Waals surface area contributed by atoms with Crippen molar-refractivity contribution >= 4 is 22.8 Å². The van der Waals surface area contributed by atoms with Gasteiger partial charge in [0.25, 0.3) is 0 Å². The van der Waals surface area contributed by atoms with Crippen LogP contribution in [0.15, 0.2) is 24.3 Å². The lowest BCUT2D eigenvalue weighted by Crippen LogP contribution is -2.30. The first-order valence-electron chi connectivity index (χ1n) is 16.4. The van der Waals surface area contributed by atoms with Gasteiger partial charge in [-0.25, -0.2) is 0 Å². The SMILES string of the molecule is CC1(C)COP(=O)(Cc2cc(C(C)(C)c3cc(CP4(=O)OCC(C)(C)CO4)c(O)c(CP4(=O)OCC(C)(C)CO4)c3)cc(CO)c2O)OC1. The molecular weight excluding hydrogens is 693 g/mol. The van der Waals surface area contributed by atoms with Gasteiger partial charge in [0.05, 0.1) is 64.7 Å². The molecule has 0 bridgehead atoms. The predicted molar refractivity (Wildman–Crippen MR) is 185 cm³/mol. The monoisotopic (exact) mass is 744 g/mol. The number of hydrogen-bond donors (Lipinski definition) is 3. The molecule has 0 aliphatic carbocycles. The minimum atomic E-state index is -3.66. The summed E-state index contributed by atoms with van der Waals surface area (Å²) in [6.45, 7) is 16.3. The van der Waals surface area contributed by atoms with Crippen LogP contribution >= 0.6 is 22.8 Å². The molecule has 0 atom stereocenters. The van der Waals surface area contributed by atoms with Gasteiger partial charge in [-0.15, -0.1) is 0 Å². The fourth-order valence-corrected chi connectivity index (χ4v) is 11.7. The summed E-state index contributed by atoms with van der Waals surface area (Å²) in [5.41, 5.74) is 0.427. The topological polar surface area (TPSA) is 167 Å². The van der Waals surface area contributed by atoms with Crippen molar-refractivity contribution in [1.29, 1.82) is 0 Å². The van der Waals surface area contributed by atoms with E-state index in [1.165, 1.54) is 0 Å². The minimum Gasteiger partial charge on any atom is -0.507 e. The zero-order chi connectivity index (χ0) is 36.3. The number of phenolic OH excluding ortho intramolecular Hbond substituents is 1. The Kier molecular flexibility index (Phi) is 10.6. The summed E-state index contributed by atoms with van der Waals surface area (Å²) in [6.07, 6.45) is -0.677. The zero-order valence-electron chi connectivity index (χ0n) is 29.7. The van der Waals surface area contributed by atoms with E-state index in [1.54, 1.807) is 24.3 Å². The van der Waals surface area contributed by atoms with E-state index in [-0.39, 0.29) is 108 Å². The van der Waals surface area contributed by atoms with E-state index in [1.807, 2.05) is 55.4 Å². The van der Waals surface area contributed by atoms with E-state index in [0.717, 1.165) is 0 Å². The Morgan fingerprint density at radius 3 is 1.06 bits per heavy atom. The minimum absolute atomic E-state index is 0.207. The van der Waals surface area contributed by atoms with Gasteiger partial charge in [-0.05, 0) is 17.2 Å². The summed E-state index contributed by atoms with van der Waals surface area (Å²) in [5, 5.41) is 32.9. The molecule has 0 saturated carbocycles. The van der Waals surface area contributed by atoms with Gasteiger partial charge in [0, 0.05) is 43.9 Å². The highest BCUT2D eigenvalue weighted by Crippen LogP contribution is 2.61. The number of phenols is 2. The molecule has 3 saturated heterocycles. The van der Waals surface area contributed by atoms with E-state index in [4.69, 9.17) is 27.1 Å². The van der Waals surface area contributed by atoms with Crippen molar-refractivity contribution in [2.75, 3.05) is 39.6 Å². The van der Waals surface area contributed by atoms with Crippen LogP contribution in [0.4, 0.5) is 0 Å². The van der Waals surface area contributed by atoms with Crippen molar-refractivity contribution < 1.29 is 56.2 Å². The van der Waals surface area contributed by atoms with Crippen LogP contribution in [0.25, 0.3) is 0 Å². The largest absolute Gasteiger partial charge is 0.507 e. The van der Waals surface area contributed by atoms with E-state index in [2.05, 4.69) is 0 Å². The van der Waals surface area contributed by atoms with E-state index in [0.29, 0.717) is 11.1 Å². The van der Waals surface area contributed by atoms with Gasteiger partial charge in [0.15, 0.2) is 0 Å². The summed E-state index contributed by atoms with van der Waals surface area (Å²) >= 11 is 0. The lowest BCUT2D eigenvalue weighted by Gasteiger charge is -2.35. The Morgan fingerprint density at radius 1 is 0.551 bits per heavy atom. The highest BCUT2D eigenvalue weighted by molar-refractivity contribution is 7.53. The number of benzene rings is 2. The lowest BCUT2D eigenvalue weighted by atomic mass is 9.76. The van der Waals surface area contributed by atoms with Crippen molar-refractivity contribution in [3.05, 3.63) is 57.6 Å². The number of aromatic hydroxyl groups is 2. The first kappa shape index (κ1) is 38.7. The number of aliphatic hydroxyl groups excluding tert-OH is 1. The molecule has 274 valence electrons. The molecule has 3 N–H and O–H groups in total. The van der Waals surface area contributed by atoms with Crippen molar-refractivity contribution in [1.82, 2.24) is 0 Å². The van der Waals surface area contributed by atoms with Crippen LogP contribution in [0.1, 0.15) is 88.8 Å². The fraction of sp³-hybridized carbons (Fsp3) is 0.647. The van der Waals surface area contributed by atoms with Gasteiger partial charge in [-0.3, -0.25) is 13.7 Å². The van der Waals surface area contributed by atoms with Crippen LogP contribution in [0.3, 0.4) is 0 Å². The van der Waals surface area contributed by atoms with E-state index >= 15 is 0 Å². The summed E-state index contributed by atoms with van der Waals surface area (Å²) in [6, 6.07) is 6.76. The second kappa shape index (κ2) is 13.5. The predicted octanol–water partition coefficient (Wildman–Crippen LogP) is 8.21. The molecule has 0 amide bonds. The zero-order valence-corrected chi connectivity index (χ0v) is 32.4. The summed E-state index contributed by atoms with van der Waals surface area (Å²) in [7, 11) is -10.9. The van der Waals surface area contributed by atoms with Crippen LogP contribution in [0.2, 0.25) is 0 Å². The Morgan fingerprint density at radius 2 is 0.796 bits per heavy atom. The summed E-state index contributed by atoms with van der Waals surface area (Å²) in [5.74, 6) is -0.421. The number of rotatable bonds is 9. The first-order chi connectivity index (χ1) is 22.5. The Labute approximate surface area is 289 Å². The molecule has 0 radical (unpaired) electrons. The molecule has 2 aromatic carbocycles. The summed E-state index contributed by atoms with van der Waals surface area (Å²) in [4.78, 5) is 0. The van der Waals surface area contributed by atoms with Crippen molar-refractivity contribution in [2.24, 2.45) is 16.2 Å². The normalized spacial score (nSPS) is 23.9. The standard InChI is InChI=1S/C34H51O12P3/c1-31(2)17-41-47(38,42-18-31)14-24-10-27(9-23(13-35)29(24)36)34(7,8)28-11-25(15-48(39)43-19-32(3,4)20-44-48)30(37)26(12-28)16-49(40)45-21-33(5,6)22-46-49/h9-12,35-37H,13-22H2,1-8H3. The molecule has 12 nitrogen and oxygen atoms in total. The highest BCUT2D eigenvalue weighted by atomic mass is 31.2. The maximum atomic E-state index is 13.8. The van der Waals surface area contributed by atoms with E-state index < -0.39 is 34.8 Å². The third-order valence-corrected chi connectivity index (χ3v) is 14.5. The van der Waals surface area contributed by atoms with Gasteiger partial charge < -0.3 is 42.5 Å². The maximum absolute atomic E-state index is 13.8. The quantitative estimate of drug-likeness (QED) is 0.211. The van der Waals surface area contributed by atoms with Crippen molar-refractivity contribution in [3.63, 3.8) is 0 Å². The van der Waals surface area contributed by atoms with Crippen LogP contribution in [-0.2, 0) is 71.3 Å². The van der Waals surface area contributed by atoms with Gasteiger partial charge in [-0.2, -0.15) is 0 Å². The van der Waals surface area contributed by atoms with Gasteiger partial charge in [0.2, 0.25) is 0 Å². The van der Waals surface area contributed by atoms with Gasteiger partial charge in [0.1, 0.15) is 11.5 Å². The molecule has 3 aliphatic rings. The second-order valence-corrected chi connectivity index (χ2v) is 22.7. The Hall–Kier alpha value is -1.55. The highest BCUT2D eigenvalue weighted by Gasteiger charge is 2.41. The molecule has 0 aromatic heterocycles. The molecule has 15 heteroatoms. The molecule has 49 heavy (non-hydrogen) atoms. The third-order valence-electron chi connectivity index (χ3n) is 9.15. The Balaban J connectivity index is 1.56. The molecule has 2 aromatic rings. The van der Waals surface area contributed by atoms with Crippen LogP contribution in [0.5, 0.6) is 11.5 Å². The van der Waals surface area contributed by atoms with Crippen LogP contribution < -0.4 is 0 Å². The van der Waals surface area contributed by atoms with Crippen molar-refractivity contribution in [3.8, 4) is 11.5 Å². The number of hydrogen-bond acceptors (Lipinski definition) is 12. The van der Waals surface area contributed by atoms with Crippen molar-refractivity contribution in [2.45, 2.75) is 85.9 Å². The summed E-state index contributed by atoms with van der Waals surface area (Å²) < 4.78 is 75.5. The molecular formula is C34H51O12P3.